The van der Waals surface area contributed by atoms with Crippen LogP contribution in [0.4, 0.5) is 0 Å². The van der Waals surface area contributed by atoms with E-state index in [4.69, 9.17) is 0 Å². The van der Waals surface area contributed by atoms with Gasteiger partial charge in [0.05, 0.1) is 11.8 Å². The largest absolute Gasteiger partial charge is 0.391 e. The molecular formula is C17H24N4O2. The Morgan fingerprint density at radius 2 is 1.96 bits per heavy atom. The van der Waals surface area contributed by atoms with E-state index in [9.17, 15) is 9.90 Å². The molecule has 0 aliphatic heterocycles. The van der Waals surface area contributed by atoms with E-state index >= 15 is 0 Å². The fourth-order valence-electron chi connectivity index (χ4n) is 2.29. The summed E-state index contributed by atoms with van der Waals surface area (Å²) in [4.78, 5) is 16.4. The van der Waals surface area contributed by atoms with Crippen LogP contribution in [0, 0.1) is 19.8 Å². The molecule has 0 saturated carbocycles. The molecule has 0 aliphatic carbocycles. The van der Waals surface area contributed by atoms with E-state index in [1.165, 1.54) is 0 Å². The van der Waals surface area contributed by atoms with Crippen molar-refractivity contribution in [2.75, 3.05) is 6.54 Å². The van der Waals surface area contributed by atoms with Crippen LogP contribution in [0.3, 0.4) is 0 Å². The van der Waals surface area contributed by atoms with Crippen molar-refractivity contribution in [2.45, 2.75) is 40.2 Å². The molecule has 23 heavy (non-hydrogen) atoms. The van der Waals surface area contributed by atoms with E-state index in [0.717, 1.165) is 17.9 Å². The van der Waals surface area contributed by atoms with Crippen LogP contribution in [0.5, 0.6) is 0 Å². The molecule has 2 aromatic rings. The van der Waals surface area contributed by atoms with Gasteiger partial charge in [0.25, 0.3) is 5.91 Å². The minimum absolute atomic E-state index is 0.163. The Labute approximate surface area is 136 Å². The van der Waals surface area contributed by atoms with E-state index in [1.54, 1.807) is 16.8 Å². The second kappa shape index (κ2) is 7.37. The third-order valence-electron chi connectivity index (χ3n) is 4.02. The predicted molar refractivity (Wildman–Crippen MR) is 88.6 cm³/mol. The fourth-order valence-corrected chi connectivity index (χ4v) is 2.29. The Morgan fingerprint density at radius 1 is 1.30 bits per heavy atom. The van der Waals surface area contributed by atoms with Crippen molar-refractivity contribution >= 4 is 5.91 Å². The number of rotatable bonds is 6. The normalized spacial score (nSPS) is 13.6. The number of aliphatic hydroxyl groups excluding tert-OH is 1. The van der Waals surface area contributed by atoms with Crippen LogP contribution < -0.4 is 5.32 Å². The summed E-state index contributed by atoms with van der Waals surface area (Å²) in [6.45, 7) is 7.97. The van der Waals surface area contributed by atoms with Gasteiger partial charge in [-0.05, 0) is 44.0 Å². The highest BCUT2D eigenvalue weighted by molar-refractivity contribution is 5.94. The van der Waals surface area contributed by atoms with Crippen LogP contribution >= 0.6 is 0 Å². The van der Waals surface area contributed by atoms with Gasteiger partial charge in [0.2, 0.25) is 0 Å². The van der Waals surface area contributed by atoms with Gasteiger partial charge in [-0.3, -0.25) is 4.79 Å². The number of nitrogens with zero attached hydrogens (tertiary/aromatic N) is 3. The Hall–Kier alpha value is -2.21. The summed E-state index contributed by atoms with van der Waals surface area (Å²) in [5, 5.41) is 17.0. The van der Waals surface area contributed by atoms with Crippen molar-refractivity contribution in [3.63, 3.8) is 0 Å². The van der Waals surface area contributed by atoms with Crippen molar-refractivity contribution < 1.29 is 9.90 Å². The Balaban J connectivity index is 2.02. The van der Waals surface area contributed by atoms with Crippen molar-refractivity contribution in [1.82, 2.24) is 20.1 Å². The molecule has 1 heterocycles. The number of benzene rings is 1. The van der Waals surface area contributed by atoms with Gasteiger partial charge in [-0.2, -0.15) is 5.10 Å². The number of hydrogen-bond donors (Lipinski definition) is 2. The van der Waals surface area contributed by atoms with Gasteiger partial charge >= 0.3 is 0 Å². The summed E-state index contributed by atoms with van der Waals surface area (Å²) in [6.07, 6.45) is 0.353. The van der Waals surface area contributed by atoms with E-state index in [1.807, 2.05) is 39.8 Å². The van der Waals surface area contributed by atoms with Gasteiger partial charge in [-0.25, -0.2) is 9.67 Å². The van der Waals surface area contributed by atoms with Crippen LogP contribution in [0.25, 0.3) is 5.69 Å². The van der Waals surface area contributed by atoms with Crippen molar-refractivity contribution in [3.8, 4) is 5.69 Å². The number of aryl methyl sites for hydroxylation is 2. The van der Waals surface area contributed by atoms with Crippen molar-refractivity contribution in [3.05, 3.63) is 41.5 Å². The monoisotopic (exact) mass is 316 g/mol. The van der Waals surface area contributed by atoms with E-state index in [-0.39, 0.29) is 18.4 Å². The van der Waals surface area contributed by atoms with Crippen LogP contribution in [-0.2, 0) is 0 Å². The van der Waals surface area contributed by atoms with E-state index < -0.39 is 6.10 Å². The summed E-state index contributed by atoms with van der Waals surface area (Å²) < 4.78 is 1.74. The number of aromatic nitrogens is 3. The minimum Gasteiger partial charge on any atom is -0.391 e. The first-order chi connectivity index (χ1) is 10.9. The quantitative estimate of drug-likeness (QED) is 0.854. The molecule has 2 unspecified atom stereocenters. The van der Waals surface area contributed by atoms with Crippen molar-refractivity contribution in [2.24, 2.45) is 5.92 Å². The average Bonchev–Trinajstić information content (AvgIpc) is 2.90. The Kier molecular flexibility index (Phi) is 5.50. The lowest BCUT2D eigenvalue weighted by Gasteiger charge is -2.17. The first-order valence-electron chi connectivity index (χ1n) is 7.89. The zero-order chi connectivity index (χ0) is 17.0. The maximum absolute atomic E-state index is 12.1. The predicted octanol–water partition coefficient (Wildman–Crippen LogP) is 2.02. The number of amides is 1. The van der Waals surface area contributed by atoms with Gasteiger partial charge in [0.15, 0.2) is 0 Å². The number of carbonyl (C=O) groups excluding carboxylic acids is 1. The summed E-state index contributed by atoms with van der Waals surface area (Å²) in [6, 6.07) is 7.16. The van der Waals surface area contributed by atoms with Crippen molar-refractivity contribution in [1.29, 1.82) is 0 Å². The summed E-state index contributed by atoms with van der Waals surface area (Å²) in [7, 11) is 0. The molecule has 0 fully saturated rings. The molecule has 2 rings (SSSR count). The molecule has 2 N–H and O–H groups in total. The second-order valence-electron chi connectivity index (χ2n) is 5.83. The van der Waals surface area contributed by atoms with Crippen LogP contribution in [-0.4, -0.2) is 38.4 Å². The highest BCUT2D eigenvalue weighted by atomic mass is 16.3. The molecule has 0 bridgehead atoms. The van der Waals surface area contributed by atoms with Gasteiger partial charge in [0.1, 0.15) is 11.6 Å². The Morgan fingerprint density at radius 3 is 2.48 bits per heavy atom. The smallest absolute Gasteiger partial charge is 0.251 e. The average molecular weight is 316 g/mol. The van der Waals surface area contributed by atoms with Crippen LogP contribution in [0.15, 0.2) is 24.3 Å². The van der Waals surface area contributed by atoms with Gasteiger partial charge in [0, 0.05) is 12.1 Å². The summed E-state index contributed by atoms with van der Waals surface area (Å²) >= 11 is 0. The summed E-state index contributed by atoms with van der Waals surface area (Å²) in [5.74, 6) is 1.49. The molecule has 1 aromatic carbocycles. The van der Waals surface area contributed by atoms with Crippen LogP contribution in [0.2, 0.25) is 0 Å². The lowest BCUT2D eigenvalue weighted by Crippen LogP contribution is -2.35. The molecule has 0 saturated heterocycles. The summed E-state index contributed by atoms with van der Waals surface area (Å²) in [5.41, 5.74) is 1.42. The maximum atomic E-state index is 12.1. The molecular weight excluding hydrogens is 292 g/mol. The molecule has 0 spiro atoms. The molecule has 124 valence electrons. The molecule has 0 radical (unpaired) electrons. The minimum atomic E-state index is -0.524. The molecule has 6 heteroatoms. The fraction of sp³-hybridized carbons (Fsp3) is 0.471. The first kappa shape index (κ1) is 17.1. The lowest BCUT2D eigenvalue weighted by atomic mass is 10.0. The Bertz CT molecular complexity index is 664. The molecule has 1 amide bonds. The molecule has 1 aromatic heterocycles. The van der Waals surface area contributed by atoms with Gasteiger partial charge < -0.3 is 10.4 Å². The highest BCUT2D eigenvalue weighted by Gasteiger charge is 2.14. The first-order valence-corrected chi connectivity index (χ1v) is 7.89. The lowest BCUT2D eigenvalue weighted by molar-refractivity contribution is 0.0850. The number of carbonyl (C=O) groups is 1. The standard InChI is InChI=1S/C17H24N4O2/c1-5-11(2)16(22)10-18-17(23)14-6-8-15(9-7-14)21-13(4)19-12(3)20-21/h6-9,11,16,22H,5,10H2,1-4H3,(H,18,23). The second-order valence-corrected chi connectivity index (χ2v) is 5.83. The molecule has 2 atom stereocenters. The topological polar surface area (TPSA) is 80.0 Å². The maximum Gasteiger partial charge on any atom is 0.251 e. The SMILES string of the molecule is CCC(C)C(O)CNC(=O)c1ccc(-n2nc(C)nc2C)cc1. The number of aliphatic hydroxyl groups is 1. The number of nitrogens with one attached hydrogen (secondary N) is 1. The number of hydrogen-bond acceptors (Lipinski definition) is 4. The molecule has 6 nitrogen and oxygen atoms in total. The third kappa shape index (κ3) is 4.16. The van der Waals surface area contributed by atoms with Crippen LogP contribution in [0.1, 0.15) is 42.3 Å². The van der Waals surface area contributed by atoms with E-state index in [2.05, 4.69) is 15.4 Å². The zero-order valence-corrected chi connectivity index (χ0v) is 14.1. The highest BCUT2D eigenvalue weighted by Crippen LogP contribution is 2.12. The third-order valence-corrected chi connectivity index (χ3v) is 4.02. The van der Waals surface area contributed by atoms with E-state index in [0.29, 0.717) is 11.4 Å². The van der Waals surface area contributed by atoms with Gasteiger partial charge in [-0.1, -0.05) is 20.3 Å². The zero-order valence-electron chi connectivity index (χ0n) is 14.1. The van der Waals surface area contributed by atoms with Gasteiger partial charge in [-0.15, -0.1) is 0 Å². The molecule has 0 aliphatic rings.